The molecule has 8 nitrogen and oxygen atoms in total. The zero-order chi connectivity index (χ0) is 25.7. The third-order valence-electron chi connectivity index (χ3n) is 6.48. The molecule has 188 valence electrons. The van der Waals surface area contributed by atoms with Gasteiger partial charge in [0.25, 0.3) is 11.7 Å². The summed E-state index contributed by atoms with van der Waals surface area (Å²) in [5.74, 6) is 0.0951. The molecular formula is C27H34N2O6. The van der Waals surface area contributed by atoms with E-state index >= 15 is 0 Å². The van der Waals surface area contributed by atoms with Crippen LogP contribution < -0.4 is 14.2 Å². The Kier molecular flexibility index (Phi) is 8.40. The van der Waals surface area contributed by atoms with Crippen molar-refractivity contribution in [3.05, 3.63) is 58.7 Å². The summed E-state index contributed by atoms with van der Waals surface area (Å²) < 4.78 is 16.1. The van der Waals surface area contributed by atoms with Crippen LogP contribution in [-0.2, 0) is 9.59 Å². The van der Waals surface area contributed by atoms with Crippen molar-refractivity contribution in [3.8, 4) is 17.2 Å². The van der Waals surface area contributed by atoms with Crippen LogP contribution in [-0.4, -0.2) is 74.1 Å². The van der Waals surface area contributed by atoms with Gasteiger partial charge >= 0.3 is 0 Å². The largest absolute Gasteiger partial charge is 0.507 e. The Morgan fingerprint density at radius 3 is 2.14 bits per heavy atom. The molecule has 1 aliphatic heterocycles. The van der Waals surface area contributed by atoms with Gasteiger partial charge in [0.15, 0.2) is 11.5 Å². The number of aliphatic hydroxyl groups excluding tert-OH is 1. The number of hydrogen-bond acceptors (Lipinski definition) is 7. The maximum absolute atomic E-state index is 13.3. The molecule has 1 amide bonds. The topological polar surface area (TPSA) is 88.5 Å². The molecule has 3 rings (SSSR count). The molecule has 2 aromatic rings. The quantitative estimate of drug-likeness (QED) is 0.313. The first-order valence-electron chi connectivity index (χ1n) is 11.7. The minimum absolute atomic E-state index is 0.0475. The van der Waals surface area contributed by atoms with Crippen LogP contribution in [0.3, 0.4) is 0 Å². The highest BCUT2D eigenvalue weighted by Crippen LogP contribution is 2.42. The molecule has 1 N–H and O–H groups in total. The van der Waals surface area contributed by atoms with Gasteiger partial charge in [-0.05, 0) is 61.5 Å². The van der Waals surface area contributed by atoms with Crippen molar-refractivity contribution in [2.75, 3.05) is 47.5 Å². The Balaban J connectivity index is 2.17. The third-order valence-corrected chi connectivity index (χ3v) is 6.48. The lowest BCUT2D eigenvalue weighted by atomic mass is 9.94. The Labute approximate surface area is 206 Å². The molecule has 0 aromatic heterocycles. The van der Waals surface area contributed by atoms with E-state index in [4.69, 9.17) is 14.2 Å². The van der Waals surface area contributed by atoms with Crippen LogP contribution in [0.25, 0.3) is 5.76 Å². The van der Waals surface area contributed by atoms with Gasteiger partial charge < -0.3 is 29.1 Å². The minimum Gasteiger partial charge on any atom is -0.507 e. The third kappa shape index (κ3) is 5.12. The highest BCUT2D eigenvalue weighted by atomic mass is 16.5. The minimum atomic E-state index is -0.771. The second-order valence-electron chi connectivity index (χ2n) is 8.32. The number of benzene rings is 2. The highest BCUT2D eigenvalue weighted by molar-refractivity contribution is 6.46. The SMILES string of the molecule is CCN(CC)CCN1C(=O)C(=O)/C(=C(\O)c2ccc(OC)c(C)c2)C1c1ccc(OC)c(OC)c1. The molecule has 1 aliphatic rings. The summed E-state index contributed by atoms with van der Waals surface area (Å²) in [5, 5.41) is 11.3. The average Bonchev–Trinajstić information content (AvgIpc) is 3.13. The number of methoxy groups -OCH3 is 3. The maximum atomic E-state index is 13.3. The van der Waals surface area contributed by atoms with E-state index in [-0.39, 0.29) is 11.3 Å². The molecule has 1 fully saturated rings. The van der Waals surface area contributed by atoms with Crippen molar-refractivity contribution < 1.29 is 28.9 Å². The molecule has 1 atom stereocenters. The highest BCUT2D eigenvalue weighted by Gasteiger charge is 2.46. The first kappa shape index (κ1) is 26.1. The van der Waals surface area contributed by atoms with Gasteiger partial charge in [-0.1, -0.05) is 19.9 Å². The fourth-order valence-electron chi connectivity index (χ4n) is 4.45. The van der Waals surface area contributed by atoms with E-state index in [1.54, 1.807) is 50.6 Å². The van der Waals surface area contributed by atoms with Crippen molar-refractivity contribution >= 4 is 17.4 Å². The first-order valence-corrected chi connectivity index (χ1v) is 11.7. The number of carbonyl (C=O) groups is 2. The van der Waals surface area contributed by atoms with Crippen molar-refractivity contribution in [2.24, 2.45) is 0 Å². The van der Waals surface area contributed by atoms with Crippen molar-refractivity contribution in [1.82, 2.24) is 9.80 Å². The summed E-state index contributed by atoms with van der Waals surface area (Å²) in [4.78, 5) is 30.2. The van der Waals surface area contributed by atoms with Gasteiger partial charge in [-0.2, -0.15) is 0 Å². The maximum Gasteiger partial charge on any atom is 0.295 e. The monoisotopic (exact) mass is 482 g/mol. The lowest BCUT2D eigenvalue weighted by Crippen LogP contribution is -2.38. The lowest BCUT2D eigenvalue weighted by Gasteiger charge is -2.28. The summed E-state index contributed by atoms with van der Waals surface area (Å²) >= 11 is 0. The summed E-state index contributed by atoms with van der Waals surface area (Å²) in [6, 6.07) is 9.64. The van der Waals surface area contributed by atoms with Gasteiger partial charge in [-0.3, -0.25) is 9.59 Å². The van der Waals surface area contributed by atoms with E-state index in [9.17, 15) is 14.7 Å². The van der Waals surface area contributed by atoms with Gasteiger partial charge in [0.2, 0.25) is 0 Å². The fourth-order valence-corrected chi connectivity index (χ4v) is 4.45. The predicted molar refractivity (Wildman–Crippen MR) is 134 cm³/mol. The fraction of sp³-hybridized carbons (Fsp3) is 0.407. The Morgan fingerprint density at radius 2 is 1.57 bits per heavy atom. The van der Waals surface area contributed by atoms with Crippen LogP contribution in [0.5, 0.6) is 17.2 Å². The number of aryl methyl sites for hydroxylation is 1. The van der Waals surface area contributed by atoms with Crippen LogP contribution in [0.1, 0.15) is 36.6 Å². The van der Waals surface area contributed by atoms with Crippen LogP contribution in [0.15, 0.2) is 42.0 Å². The van der Waals surface area contributed by atoms with Crippen LogP contribution in [0.2, 0.25) is 0 Å². The zero-order valence-electron chi connectivity index (χ0n) is 21.3. The normalized spacial score (nSPS) is 17.2. The van der Waals surface area contributed by atoms with Gasteiger partial charge in [0.1, 0.15) is 11.5 Å². The molecule has 0 spiro atoms. The lowest BCUT2D eigenvalue weighted by molar-refractivity contribution is -0.140. The summed E-state index contributed by atoms with van der Waals surface area (Å²) in [5.41, 5.74) is 1.94. The molecule has 8 heteroatoms. The first-order chi connectivity index (χ1) is 16.8. The Hall–Kier alpha value is -3.52. The second-order valence-corrected chi connectivity index (χ2v) is 8.32. The van der Waals surface area contributed by atoms with Gasteiger partial charge in [0, 0.05) is 18.7 Å². The van der Waals surface area contributed by atoms with E-state index in [2.05, 4.69) is 18.7 Å². The molecule has 0 bridgehead atoms. The number of amides is 1. The van der Waals surface area contributed by atoms with Gasteiger partial charge in [-0.25, -0.2) is 0 Å². The van der Waals surface area contributed by atoms with Crippen molar-refractivity contribution in [1.29, 1.82) is 0 Å². The van der Waals surface area contributed by atoms with E-state index in [1.165, 1.54) is 12.0 Å². The summed E-state index contributed by atoms with van der Waals surface area (Å²) in [7, 11) is 4.64. The summed E-state index contributed by atoms with van der Waals surface area (Å²) in [6.45, 7) is 8.54. The molecule has 0 radical (unpaired) electrons. The number of aliphatic hydroxyl groups is 1. The van der Waals surface area contributed by atoms with Crippen LogP contribution in [0, 0.1) is 6.92 Å². The molecule has 1 unspecified atom stereocenters. The van der Waals surface area contributed by atoms with E-state index in [0.717, 1.165) is 18.7 Å². The number of nitrogens with zero attached hydrogens (tertiary/aromatic N) is 2. The predicted octanol–water partition coefficient (Wildman–Crippen LogP) is 3.78. The standard InChI is InChI=1S/C27H34N2O6/c1-7-28(8-2)13-14-29-24(18-9-12-21(34-5)22(16-18)35-6)23(26(31)27(29)32)25(30)19-10-11-20(33-4)17(3)15-19/h9-12,15-16,24,30H,7-8,13-14H2,1-6H3/b25-23-. The van der Waals surface area contributed by atoms with E-state index in [1.807, 2.05) is 6.92 Å². The van der Waals surface area contributed by atoms with E-state index < -0.39 is 17.7 Å². The number of hydrogen-bond donors (Lipinski definition) is 1. The molecule has 0 saturated carbocycles. The molecule has 1 heterocycles. The van der Waals surface area contributed by atoms with Crippen LogP contribution >= 0.6 is 0 Å². The van der Waals surface area contributed by atoms with Crippen molar-refractivity contribution in [2.45, 2.75) is 26.8 Å². The number of carbonyl (C=O) groups excluding carboxylic acids is 2. The molecule has 0 aliphatic carbocycles. The van der Waals surface area contributed by atoms with Gasteiger partial charge in [0.05, 0.1) is 32.9 Å². The Bertz CT molecular complexity index is 1120. The van der Waals surface area contributed by atoms with Crippen LogP contribution in [0.4, 0.5) is 0 Å². The number of Topliss-reactive ketones (excluding diaryl/α,β-unsaturated/α-hetero) is 1. The zero-order valence-corrected chi connectivity index (χ0v) is 21.3. The second kappa shape index (κ2) is 11.3. The molecule has 2 aromatic carbocycles. The van der Waals surface area contributed by atoms with Crippen molar-refractivity contribution in [3.63, 3.8) is 0 Å². The van der Waals surface area contributed by atoms with E-state index in [0.29, 0.717) is 41.5 Å². The average molecular weight is 483 g/mol. The molecule has 35 heavy (non-hydrogen) atoms. The van der Waals surface area contributed by atoms with Gasteiger partial charge in [-0.15, -0.1) is 0 Å². The Morgan fingerprint density at radius 1 is 0.943 bits per heavy atom. The molecule has 1 saturated heterocycles. The number of rotatable bonds is 10. The number of ketones is 1. The number of likely N-dealkylation sites (N-methyl/N-ethyl adjacent to an activating group) is 1. The summed E-state index contributed by atoms with van der Waals surface area (Å²) in [6.07, 6.45) is 0. The number of ether oxygens (including phenoxy) is 3. The smallest absolute Gasteiger partial charge is 0.295 e. The molecular weight excluding hydrogens is 448 g/mol. The number of likely N-dealkylation sites (tertiary alicyclic amines) is 1.